The van der Waals surface area contributed by atoms with Crippen LogP contribution in [0.2, 0.25) is 0 Å². The number of nitrogens with one attached hydrogen (secondary N) is 2. The van der Waals surface area contributed by atoms with E-state index < -0.39 is 0 Å². The monoisotopic (exact) mass is 271 g/mol. The molecule has 0 aromatic rings. The topological polar surface area (TPSA) is 27.3 Å². The lowest BCUT2D eigenvalue weighted by Gasteiger charge is -2.20. The Morgan fingerprint density at radius 3 is 1.47 bits per heavy atom. The van der Waals surface area contributed by atoms with Gasteiger partial charge in [0.15, 0.2) is 0 Å². The van der Waals surface area contributed by atoms with Crippen molar-refractivity contribution in [2.45, 2.75) is 72.4 Å². The van der Waals surface area contributed by atoms with Crippen molar-refractivity contribution in [2.75, 3.05) is 32.7 Å². The Kier molecular flexibility index (Phi) is 12.8. The van der Waals surface area contributed by atoms with Gasteiger partial charge in [-0.3, -0.25) is 0 Å². The van der Waals surface area contributed by atoms with E-state index in [1.807, 2.05) is 0 Å². The molecular formula is C16H37N3. The molecule has 0 aromatic carbocycles. The van der Waals surface area contributed by atoms with Crippen molar-refractivity contribution in [2.24, 2.45) is 0 Å². The molecule has 0 aromatic heterocycles. The lowest BCUT2D eigenvalue weighted by molar-refractivity contribution is 0.274. The first-order chi connectivity index (χ1) is 9.06. The number of rotatable bonds is 13. The van der Waals surface area contributed by atoms with Gasteiger partial charge >= 0.3 is 0 Å². The van der Waals surface area contributed by atoms with Crippen molar-refractivity contribution >= 4 is 0 Å². The van der Waals surface area contributed by atoms with Crippen LogP contribution in [0.15, 0.2) is 0 Å². The van der Waals surface area contributed by atoms with E-state index in [-0.39, 0.29) is 0 Å². The smallest absolute Gasteiger partial charge is 0.00103 e. The summed E-state index contributed by atoms with van der Waals surface area (Å²) in [5, 5.41) is 6.96. The Morgan fingerprint density at radius 1 is 0.737 bits per heavy atom. The maximum atomic E-state index is 3.48. The predicted molar refractivity (Wildman–Crippen MR) is 86.9 cm³/mol. The molecule has 3 heteroatoms. The molecule has 116 valence electrons. The van der Waals surface area contributed by atoms with Crippen LogP contribution in [0.5, 0.6) is 0 Å². The third-order valence-electron chi connectivity index (χ3n) is 3.35. The van der Waals surface area contributed by atoms with E-state index in [2.05, 4.69) is 50.2 Å². The van der Waals surface area contributed by atoms with Crippen molar-refractivity contribution in [3.63, 3.8) is 0 Å². The van der Waals surface area contributed by atoms with Crippen LogP contribution in [0.1, 0.15) is 60.3 Å². The first-order valence-corrected chi connectivity index (χ1v) is 8.25. The van der Waals surface area contributed by atoms with E-state index in [0.717, 1.165) is 13.1 Å². The molecule has 0 aliphatic carbocycles. The molecule has 0 saturated heterocycles. The normalized spacial score (nSPS) is 12.0. The van der Waals surface area contributed by atoms with Gasteiger partial charge < -0.3 is 15.5 Å². The first kappa shape index (κ1) is 18.9. The molecular weight excluding hydrogens is 234 g/mol. The van der Waals surface area contributed by atoms with Crippen LogP contribution in [0.25, 0.3) is 0 Å². The minimum Gasteiger partial charge on any atom is -0.315 e. The second-order valence-electron chi connectivity index (χ2n) is 6.07. The van der Waals surface area contributed by atoms with E-state index in [1.54, 1.807) is 0 Å². The highest BCUT2D eigenvalue weighted by molar-refractivity contribution is 4.60. The van der Waals surface area contributed by atoms with Crippen LogP contribution < -0.4 is 10.6 Å². The minimum absolute atomic E-state index is 0.621. The van der Waals surface area contributed by atoms with Gasteiger partial charge in [0, 0.05) is 12.1 Å². The van der Waals surface area contributed by atoms with Crippen LogP contribution >= 0.6 is 0 Å². The molecule has 2 N–H and O–H groups in total. The Labute approximate surface area is 121 Å². The Morgan fingerprint density at radius 2 is 1.16 bits per heavy atom. The zero-order valence-electron chi connectivity index (χ0n) is 14.0. The summed E-state index contributed by atoms with van der Waals surface area (Å²) in [4.78, 5) is 2.59. The molecule has 0 heterocycles. The Bertz CT molecular complexity index is 163. The summed E-state index contributed by atoms with van der Waals surface area (Å²) in [6.45, 7) is 17.1. The Balaban J connectivity index is 3.39. The van der Waals surface area contributed by atoms with E-state index in [0.29, 0.717) is 12.1 Å². The molecule has 0 spiro atoms. The van der Waals surface area contributed by atoms with E-state index in [4.69, 9.17) is 0 Å². The predicted octanol–water partition coefficient (Wildman–Crippen LogP) is 2.86. The molecule has 0 unspecified atom stereocenters. The zero-order valence-corrected chi connectivity index (χ0v) is 14.0. The molecule has 0 bridgehead atoms. The molecule has 0 fully saturated rings. The van der Waals surface area contributed by atoms with Crippen molar-refractivity contribution in [1.82, 2.24) is 15.5 Å². The van der Waals surface area contributed by atoms with Crippen molar-refractivity contribution in [3.05, 3.63) is 0 Å². The molecule has 0 aliphatic heterocycles. The molecule has 0 radical (unpaired) electrons. The molecule has 0 saturated carbocycles. The fraction of sp³-hybridized carbons (Fsp3) is 1.00. The second-order valence-corrected chi connectivity index (χ2v) is 6.07. The van der Waals surface area contributed by atoms with Gasteiger partial charge in [-0.2, -0.15) is 0 Å². The van der Waals surface area contributed by atoms with E-state index in [9.17, 15) is 0 Å². The lowest BCUT2D eigenvalue weighted by Crippen LogP contribution is -2.29. The van der Waals surface area contributed by atoms with E-state index >= 15 is 0 Å². The van der Waals surface area contributed by atoms with Gasteiger partial charge in [-0.05, 0) is 58.4 Å². The van der Waals surface area contributed by atoms with Crippen LogP contribution in [0.4, 0.5) is 0 Å². The summed E-state index contributed by atoms with van der Waals surface area (Å²) in [6, 6.07) is 1.24. The van der Waals surface area contributed by atoms with Gasteiger partial charge in [-0.25, -0.2) is 0 Å². The molecule has 0 amide bonds. The summed E-state index contributed by atoms with van der Waals surface area (Å²) in [7, 11) is 0. The van der Waals surface area contributed by atoms with Crippen LogP contribution in [-0.4, -0.2) is 49.7 Å². The SMILES string of the molecule is CCN(CCCCNC(C)C)CCCCNC(C)C. The average molecular weight is 271 g/mol. The van der Waals surface area contributed by atoms with Gasteiger partial charge in [0.1, 0.15) is 0 Å². The fourth-order valence-corrected chi connectivity index (χ4v) is 2.13. The quantitative estimate of drug-likeness (QED) is 0.504. The van der Waals surface area contributed by atoms with Gasteiger partial charge in [-0.1, -0.05) is 34.6 Å². The van der Waals surface area contributed by atoms with Crippen molar-refractivity contribution < 1.29 is 0 Å². The summed E-state index contributed by atoms with van der Waals surface area (Å²) < 4.78 is 0. The molecule has 0 rings (SSSR count). The molecule has 19 heavy (non-hydrogen) atoms. The summed E-state index contributed by atoms with van der Waals surface area (Å²) in [5.41, 5.74) is 0. The van der Waals surface area contributed by atoms with Crippen LogP contribution in [0.3, 0.4) is 0 Å². The molecule has 0 atom stereocenters. The highest BCUT2D eigenvalue weighted by Gasteiger charge is 2.02. The molecule has 3 nitrogen and oxygen atoms in total. The van der Waals surface area contributed by atoms with Gasteiger partial charge in [0.2, 0.25) is 0 Å². The zero-order chi connectivity index (χ0) is 14.5. The summed E-state index contributed by atoms with van der Waals surface area (Å²) in [5.74, 6) is 0. The largest absolute Gasteiger partial charge is 0.315 e. The van der Waals surface area contributed by atoms with Gasteiger partial charge in [-0.15, -0.1) is 0 Å². The first-order valence-electron chi connectivity index (χ1n) is 8.25. The van der Waals surface area contributed by atoms with Gasteiger partial charge in [0.05, 0.1) is 0 Å². The highest BCUT2D eigenvalue weighted by atomic mass is 15.1. The number of hydrogen-bond donors (Lipinski definition) is 2. The second kappa shape index (κ2) is 12.9. The lowest BCUT2D eigenvalue weighted by atomic mass is 10.2. The number of hydrogen-bond acceptors (Lipinski definition) is 3. The fourth-order valence-electron chi connectivity index (χ4n) is 2.13. The summed E-state index contributed by atoms with van der Waals surface area (Å²) in [6.07, 6.45) is 5.22. The number of nitrogens with zero attached hydrogens (tertiary/aromatic N) is 1. The number of unbranched alkanes of at least 4 members (excludes halogenated alkanes) is 2. The third-order valence-corrected chi connectivity index (χ3v) is 3.35. The van der Waals surface area contributed by atoms with Crippen LogP contribution in [-0.2, 0) is 0 Å². The summed E-state index contributed by atoms with van der Waals surface area (Å²) >= 11 is 0. The van der Waals surface area contributed by atoms with Gasteiger partial charge in [0.25, 0.3) is 0 Å². The average Bonchev–Trinajstić information content (AvgIpc) is 2.34. The maximum Gasteiger partial charge on any atom is 0.00103 e. The van der Waals surface area contributed by atoms with E-state index in [1.165, 1.54) is 45.3 Å². The molecule has 0 aliphatic rings. The van der Waals surface area contributed by atoms with Crippen molar-refractivity contribution in [3.8, 4) is 0 Å². The third kappa shape index (κ3) is 14.1. The van der Waals surface area contributed by atoms with Crippen molar-refractivity contribution in [1.29, 1.82) is 0 Å². The van der Waals surface area contributed by atoms with Crippen LogP contribution in [0, 0.1) is 0 Å². The highest BCUT2D eigenvalue weighted by Crippen LogP contribution is 1.99. The Hall–Kier alpha value is -0.120. The standard InChI is InChI=1S/C16H37N3/c1-6-19(13-9-7-11-17-15(2)3)14-10-8-12-18-16(4)5/h15-18H,6-14H2,1-5H3. The minimum atomic E-state index is 0.621. The maximum absolute atomic E-state index is 3.48.